The van der Waals surface area contributed by atoms with Crippen molar-refractivity contribution in [2.45, 2.75) is 0 Å². The van der Waals surface area contributed by atoms with Crippen LogP contribution < -0.4 is 14.7 Å². The molecule has 0 atom stereocenters. The number of piperazine rings is 1. The standard InChI is InChI=1S/C23H25N5O2/c1-25-20-5-3-4-6-21(20)26(2)23(25)19(15-24)22(30)16-27-11-13-28(14-12-27)17-7-9-18(29)10-8-17/h3-10,29H,11-14,16H2,1-2H3. The molecule has 7 nitrogen and oxygen atoms in total. The van der Waals surface area contributed by atoms with Crippen LogP contribution >= 0.6 is 0 Å². The van der Waals surface area contributed by atoms with Gasteiger partial charge in [-0.1, -0.05) is 12.1 Å². The molecule has 154 valence electrons. The molecular formula is C23H25N5O2. The summed E-state index contributed by atoms with van der Waals surface area (Å²) in [6, 6.07) is 17.2. The quantitative estimate of drug-likeness (QED) is 0.621. The molecule has 1 saturated heterocycles. The minimum atomic E-state index is -0.155. The zero-order valence-corrected chi connectivity index (χ0v) is 17.2. The van der Waals surface area contributed by atoms with Gasteiger partial charge in [-0.3, -0.25) is 9.69 Å². The van der Waals surface area contributed by atoms with Gasteiger partial charge in [0.15, 0.2) is 5.78 Å². The van der Waals surface area contributed by atoms with Crippen LogP contribution in [0.5, 0.6) is 5.75 Å². The fourth-order valence-corrected chi connectivity index (χ4v) is 4.17. The van der Waals surface area contributed by atoms with Crippen LogP contribution in [-0.2, 0) is 4.79 Å². The highest BCUT2D eigenvalue weighted by molar-refractivity contribution is 6.03. The number of aromatic hydroxyl groups is 1. The van der Waals surface area contributed by atoms with E-state index >= 15 is 0 Å². The van der Waals surface area contributed by atoms with Gasteiger partial charge >= 0.3 is 0 Å². The Morgan fingerprint density at radius 2 is 1.53 bits per heavy atom. The molecule has 0 aliphatic carbocycles. The first-order chi connectivity index (χ1) is 14.5. The molecular weight excluding hydrogens is 378 g/mol. The highest BCUT2D eigenvalue weighted by atomic mass is 16.3. The van der Waals surface area contributed by atoms with E-state index in [0.29, 0.717) is 5.82 Å². The third-order valence-electron chi connectivity index (χ3n) is 5.81. The van der Waals surface area contributed by atoms with Crippen molar-refractivity contribution in [3.63, 3.8) is 0 Å². The Balaban J connectivity index is 1.44. The molecule has 0 radical (unpaired) electrons. The fourth-order valence-electron chi connectivity index (χ4n) is 4.17. The fraction of sp³-hybridized carbons (Fsp3) is 0.304. The van der Waals surface area contributed by atoms with E-state index in [4.69, 9.17) is 0 Å². The van der Waals surface area contributed by atoms with Crippen molar-refractivity contribution >= 4 is 22.8 Å². The van der Waals surface area contributed by atoms with E-state index in [-0.39, 0.29) is 23.7 Å². The number of para-hydroxylation sites is 2. The number of benzene rings is 2. The normalized spacial score (nSPS) is 16.4. The highest BCUT2D eigenvalue weighted by Gasteiger charge is 2.32. The smallest absolute Gasteiger partial charge is 0.191 e. The third kappa shape index (κ3) is 3.58. The summed E-state index contributed by atoms with van der Waals surface area (Å²) in [4.78, 5) is 21.2. The van der Waals surface area contributed by atoms with Gasteiger partial charge in [0.25, 0.3) is 0 Å². The lowest BCUT2D eigenvalue weighted by molar-refractivity contribution is -0.116. The number of phenolic OH excluding ortho intramolecular Hbond substituents is 1. The predicted octanol–water partition coefficient (Wildman–Crippen LogP) is 2.40. The van der Waals surface area contributed by atoms with Gasteiger partial charge in [-0.05, 0) is 36.4 Å². The number of nitriles is 1. The number of rotatable bonds is 4. The summed E-state index contributed by atoms with van der Waals surface area (Å²) in [6.45, 7) is 3.30. The number of anilines is 3. The largest absolute Gasteiger partial charge is 0.508 e. The van der Waals surface area contributed by atoms with E-state index in [1.165, 1.54) is 0 Å². The van der Waals surface area contributed by atoms with E-state index in [9.17, 15) is 15.2 Å². The SMILES string of the molecule is CN1C(=C(C#N)C(=O)CN2CCN(c3ccc(O)cc3)CC2)N(C)c2ccccc21. The van der Waals surface area contributed by atoms with Gasteiger partial charge < -0.3 is 19.8 Å². The van der Waals surface area contributed by atoms with Gasteiger partial charge in [0, 0.05) is 46.0 Å². The summed E-state index contributed by atoms with van der Waals surface area (Å²) in [5, 5.41) is 19.2. The van der Waals surface area contributed by atoms with Crippen LogP contribution in [-0.4, -0.2) is 62.6 Å². The molecule has 7 heteroatoms. The third-order valence-corrected chi connectivity index (χ3v) is 5.81. The topological polar surface area (TPSA) is 74.0 Å². The van der Waals surface area contributed by atoms with E-state index in [1.54, 1.807) is 12.1 Å². The van der Waals surface area contributed by atoms with Crippen LogP contribution in [0.3, 0.4) is 0 Å². The average molecular weight is 403 g/mol. The first-order valence-electron chi connectivity index (χ1n) is 10.00. The molecule has 0 aromatic heterocycles. The summed E-state index contributed by atoms with van der Waals surface area (Å²) < 4.78 is 0. The van der Waals surface area contributed by atoms with Crippen LogP contribution in [0.2, 0.25) is 0 Å². The molecule has 2 aromatic carbocycles. The first-order valence-corrected chi connectivity index (χ1v) is 10.00. The monoisotopic (exact) mass is 403 g/mol. The number of hydrogen-bond donors (Lipinski definition) is 1. The maximum Gasteiger partial charge on any atom is 0.191 e. The molecule has 0 amide bonds. The van der Waals surface area contributed by atoms with Crippen molar-refractivity contribution in [2.75, 3.05) is 61.5 Å². The maximum atomic E-state index is 13.0. The van der Waals surface area contributed by atoms with Crippen molar-refractivity contribution in [3.8, 4) is 11.8 Å². The van der Waals surface area contributed by atoms with E-state index in [1.807, 2.05) is 60.3 Å². The van der Waals surface area contributed by atoms with Gasteiger partial charge in [0.1, 0.15) is 23.2 Å². The second-order valence-corrected chi connectivity index (χ2v) is 7.62. The van der Waals surface area contributed by atoms with Crippen LogP contribution in [0.4, 0.5) is 17.1 Å². The Morgan fingerprint density at radius 1 is 0.967 bits per heavy atom. The van der Waals surface area contributed by atoms with E-state index in [0.717, 1.165) is 43.2 Å². The number of carbonyl (C=O) groups is 1. The molecule has 1 N–H and O–H groups in total. The number of fused-ring (bicyclic) bond motifs is 1. The number of Topliss-reactive ketones (excluding diaryl/α,β-unsaturated/α-hetero) is 1. The molecule has 30 heavy (non-hydrogen) atoms. The van der Waals surface area contributed by atoms with Crippen molar-refractivity contribution in [1.82, 2.24) is 4.90 Å². The first kappa shape index (κ1) is 19.8. The lowest BCUT2D eigenvalue weighted by Crippen LogP contribution is -2.48. The second-order valence-electron chi connectivity index (χ2n) is 7.62. The lowest BCUT2D eigenvalue weighted by atomic mass is 10.1. The minimum absolute atomic E-state index is 0.155. The molecule has 2 aromatic rings. The summed E-state index contributed by atoms with van der Waals surface area (Å²) >= 11 is 0. The Bertz CT molecular complexity index is 986. The number of nitrogens with zero attached hydrogens (tertiary/aromatic N) is 5. The molecule has 0 spiro atoms. The Labute approximate surface area is 176 Å². The van der Waals surface area contributed by atoms with E-state index in [2.05, 4.69) is 15.9 Å². The Morgan fingerprint density at radius 3 is 2.07 bits per heavy atom. The molecule has 2 aliphatic rings. The zero-order chi connectivity index (χ0) is 21.3. The van der Waals surface area contributed by atoms with Crippen molar-refractivity contribution in [2.24, 2.45) is 0 Å². The number of hydrogen-bond acceptors (Lipinski definition) is 7. The molecule has 4 rings (SSSR count). The van der Waals surface area contributed by atoms with Crippen molar-refractivity contribution < 1.29 is 9.90 Å². The zero-order valence-electron chi connectivity index (χ0n) is 17.2. The van der Waals surface area contributed by atoms with Gasteiger partial charge in [0.2, 0.25) is 0 Å². The molecule has 1 fully saturated rings. The Hall–Kier alpha value is -3.50. The van der Waals surface area contributed by atoms with Gasteiger partial charge in [0.05, 0.1) is 17.9 Å². The molecule has 2 aliphatic heterocycles. The summed E-state index contributed by atoms with van der Waals surface area (Å²) in [5.41, 5.74) is 3.22. The van der Waals surface area contributed by atoms with Gasteiger partial charge in [-0.15, -0.1) is 0 Å². The van der Waals surface area contributed by atoms with Crippen molar-refractivity contribution in [1.29, 1.82) is 5.26 Å². The van der Waals surface area contributed by atoms with Crippen LogP contribution in [0.1, 0.15) is 0 Å². The summed E-state index contributed by atoms with van der Waals surface area (Å²) in [6.07, 6.45) is 0. The van der Waals surface area contributed by atoms with Crippen LogP contribution in [0, 0.1) is 11.3 Å². The van der Waals surface area contributed by atoms with Gasteiger partial charge in [-0.25, -0.2) is 0 Å². The minimum Gasteiger partial charge on any atom is -0.508 e. The van der Waals surface area contributed by atoms with Crippen molar-refractivity contribution in [3.05, 3.63) is 59.9 Å². The number of phenols is 1. The van der Waals surface area contributed by atoms with Crippen LogP contribution in [0.15, 0.2) is 59.9 Å². The molecule has 0 unspecified atom stereocenters. The highest BCUT2D eigenvalue weighted by Crippen LogP contribution is 2.40. The molecule has 2 heterocycles. The molecule has 0 saturated carbocycles. The summed E-state index contributed by atoms with van der Waals surface area (Å²) in [5.74, 6) is 0.729. The predicted molar refractivity (Wildman–Crippen MR) is 118 cm³/mol. The number of carbonyl (C=O) groups excluding carboxylic acids is 1. The summed E-state index contributed by atoms with van der Waals surface area (Å²) in [7, 11) is 3.78. The lowest BCUT2D eigenvalue weighted by Gasteiger charge is -2.35. The maximum absolute atomic E-state index is 13.0. The van der Waals surface area contributed by atoms with E-state index < -0.39 is 0 Å². The molecule has 0 bridgehead atoms. The Kier molecular flexibility index (Phi) is 5.34. The second kappa shape index (κ2) is 8.09. The van der Waals surface area contributed by atoms with Gasteiger partial charge in [-0.2, -0.15) is 5.26 Å². The average Bonchev–Trinajstić information content (AvgIpc) is 3.01. The number of ketones is 1. The van der Waals surface area contributed by atoms with Crippen LogP contribution in [0.25, 0.3) is 0 Å².